The Morgan fingerprint density at radius 2 is 1.75 bits per heavy atom. The van der Waals surface area contributed by atoms with Gasteiger partial charge in [0.25, 0.3) is 5.04 Å². The number of hydrazone groups is 1. The Bertz CT molecular complexity index is 834. The Kier molecular flexibility index (Phi) is 5.64. The van der Waals surface area contributed by atoms with E-state index in [4.69, 9.17) is 4.74 Å². The van der Waals surface area contributed by atoms with Crippen LogP contribution < -0.4 is 5.43 Å². The van der Waals surface area contributed by atoms with Crippen molar-refractivity contribution in [1.29, 1.82) is 0 Å². The largest absolute Gasteiger partial charge is 0.461 e. The van der Waals surface area contributed by atoms with Crippen molar-refractivity contribution < 1.29 is 22.3 Å². The minimum Gasteiger partial charge on any atom is -0.461 e. The lowest BCUT2D eigenvalue weighted by molar-refractivity contribution is -0.134. The van der Waals surface area contributed by atoms with Gasteiger partial charge in [-0.1, -0.05) is 18.2 Å². The first kappa shape index (κ1) is 17.6. The number of hydrogen-bond acceptors (Lipinski definition) is 6. The molecule has 0 atom stereocenters. The van der Waals surface area contributed by atoms with Crippen molar-refractivity contribution in [2.24, 2.45) is 5.10 Å². The van der Waals surface area contributed by atoms with Gasteiger partial charge in [-0.05, 0) is 43.3 Å². The molecular weight excluding hydrogens is 335 g/mol. The molecule has 126 valence electrons. The molecule has 0 aliphatic carbocycles. The van der Waals surface area contributed by atoms with Crippen LogP contribution in [0.5, 0.6) is 0 Å². The van der Waals surface area contributed by atoms with Gasteiger partial charge in [0, 0.05) is 0 Å². The maximum Gasteiger partial charge on any atom is 0.371 e. The van der Waals surface area contributed by atoms with Crippen LogP contribution >= 0.6 is 0 Å². The van der Waals surface area contributed by atoms with Crippen molar-refractivity contribution in [2.45, 2.75) is 11.8 Å². The van der Waals surface area contributed by atoms with Crippen molar-refractivity contribution in [3.8, 4) is 0 Å². The fraction of sp³-hybridized carbons (Fsp3) is 0.125. The molecule has 0 saturated heterocycles. The van der Waals surface area contributed by atoms with Gasteiger partial charge >= 0.3 is 5.97 Å². The van der Waals surface area contributed by atoms with E-state index in [1.54, 1.807) is 13.0 Å². The number of carbonyl (C=O) groups is 1. The standard InChI is InChI=1S/C16H15FN2O4S/c1-2-23-16(20)15(19-18-13-10-8-12(17)9-11-13)24(21,22)14-6-4-3-5-7-14/h3-11,18H,2H2,1H3/b19-15-. The molecule has 0 aliphatic heterocycles. The second-order valence-corrected chi connectivity index (χ2v) is 6.44. The predicted molar refractivity (Wildman–Crippen MR) is 87.7 cm³/mol. The monoisotopic (exact) mass is 350 g/mol. The topological polar surface area (TPSA) is 84.8 Å². The number of nitrogens with zero attached hydrogens (tertiary/aromatic N) is 1. The molecule has 0 fully saturated rings. The van der Waals surface area contributed by atoms with E-state index in [0.717, 1.165) is 0 Å². The Hall–Kier alpha value is -2.74. The van der Waals surface area contributed by atoms with E-state index in [2.05, 4.69) is 10.5 Å². The molecule has 0 spiro atoms. The third-order valence-electron chi connectivity index (χ3n) is 2.89. The van der Waals surface area contributed by atoms with E-state index in [9.17, 15) is 17.6 Å². The van der Waals surface area contributed by atoms with Gasteiger partial charge in [0.05, 0.1) is 17.2 Å². The lowest BCUT2D eigenvalue weighted by Gasteiger charge is -2.08. The third-order valence-corrected chi connectivity index (χ3v) is 4.55. The van der Waals surface area contributed by atoms with E-state index < -0.39 is 26.7 Å². The lowest BCUT2D eigenvalue weighted by Crippen LogP contribution is -2.28. The quantitative estimate of drug-likeness (QED) is 0.396. The summed E-state index contributed by atoms with van der Waals surface area (Å²) in [5, 5.41) is 2.89. The molecule has 2 rings (SSSR count). The van der Waals surface area contributed by atoms with Crippen LogP contribution in [0.25, 0.3) is 0 Å². The SMILES string of the molecule is CCOC(=O)/C(=N/Nc1ccc(F)cc1)S(=O)(=O)c1ccccc1. The highest BCUT2D eigenvalue weighted by Gasteiger charge is 2.30. The zero-order valence-corrected chi connectivity index (χ0v) is 13.6. The van der Waals surface area contributed by atoms with Gasteiger partial charge in [0.15, 0.2) is 0 Å². The van der Waals surface area contributed by atoms with Crippen molar-refractivity contribution in [2.75, 3.05) is 12.0 Å². The van der Waals surface area contributed by atoms with Crippen molar-refractivity contribution in [1.82, 2.24) is 0 Å². The summed E-state index contributed by atoms with van der Waals surface area (Å²) in [6, 6.07) is 12.5. The van der Waals surface area contributed by atoms with Crippen molar-refractivity contribution in [3.05, 3.63) is 60.4 Å². The molecule has 1 N–H and O–H groups in total. The summed E-state index contributed by atoms with van der Waals surface area (Å²) in [5.41, 5.74) is 2.75. The summed E-state index contributed by atoms with van der Waals surface area (Å²) in [6.07, 6.45) is 0. The number of halogens is 1. The highest BCUT2D eigenvalue weighted by molar-refractivity contribution is 8.08. The number of carbonyl (C=O) groups excluding carboxylic acids is 1. The average molecular weight is 350 g/mol. The van der Waals surface area contributed by atoms with Crippen LogP contribution in [0, 0.1) is 5.82 Å². The van der Waals surface area contributed by atoms with Crippen LogP contribution in [0.2, 0.25) is 0 Å². The number of esters is 1. The molecule has 0 heterocycles. The smallest absolute Gasteiger partial charge is 0.371 e. The Morgan fingerprint density at radius 1 is 1.12 bits per heavy atom. The summed E-state index contributed by atoms with van der Waals surface area (Å²) in [6.45, 7) is 1.55. The summed E-state index contributed by atoms with van der Waals surface area (Å²) >= 11 is 0. The Balaban J connectivity index is 2.39. The Labute approximate surface area is 138 Å². The fourth-order valence-corrected chi connectivity index (χ4v) is 2.94. The van der Waals surface area contributed by atoms with Gasteiger partial charge in [-0.2, -0.15) is 5.10 Å². The molecule has 0 radical (unpaired) electrons. The van der Waals surface area contributed by atoms with Gasteiger partial charge in [0.2, 0.25) is 9.84 Å². The molecule has 0 saturated carbocycles. The molecule has 2 aromatic carbocycles. The highest BCUT2D eigenvalue weighted by atomic mass is 32.2. The van der Waals surface area contributed by atoms with E-state index >= 15 is 0 Å². The fourth-order valence-electron chi connectivity index (χ4n) is 1.76. The normalized spacial score (nSPS) is 11.8. The number of ether oxygens (including phenoxy) is 1. The summed E-state index contributed by atoms with van der Waals surface area (Å²) in [4.78, 5) is 11.9. The first-order chi connectivity index (χ1) is 11.4. The lowest BCUT2D eigenvalue weighted by atomic mass is 10.3. The zero-order chi connectivity index (χ0) is 17.6. The number of nitrogens with one attached hydrogen (secondary N) is 1. The number of sulfone groups is 1. The van der Waals surface area contributed by atoms with E-state index in [1.165, 1.54) is 48.5 Å². The second-order valence-electron chi connectivity index (χ2n) is 4.57. The summed E-state index contributed by atoms with van der Waals surface area (Å²) < 4.78 is 42.8. The molecule has 24 heavy (non-hydrogen) atoms. The highest BCUT2D eigenvalue weighted by Crippen LogP contribution is 2.14. The minimum atomic E-state index is -4.16. The molecule has 0 aliphatic rings. The third kappa shape index (κ3) is 4.17. The van der Waals surface area contributed by atoms with E-state index in [-0.39, 0.29) is 11.5 Å². The predicted octanol–water partition coefficient (Wildman–Crippen LogP) is 2.59. The van der Waals surface area contributed by atoms with Crippen molar-refractivity contribution >= 4 is 26.5 Å². The number of hydrogen-bond donors (Lipinski definition) is 1. The van der Waals surface area contributed by atoms with E-state index in [0.29, 0.717) is 5.69 Å². The van der Waals surface area contributed by atoms with Crippen LogP contribution in [0.3, 0.4) is 0 Å². The van der Waals surface area contributed by atoms with Gasteiger partial charge in [-0.3, -0.25) is 5.43 Å². The maximum atomic E-state index is 12.9. The first-order valence-corrected chi connectivity index (χ1v) is 8.50. The molecular formula is C16H15FN2O4S. The first-order valence-electron chi connectivity index (χ1n) is 7.01. The minimum absolute atomic E-state index is 0.00128. The molecule has 6 nitrogen and oxygen atoms in total. The van der Waals surface area contributed by atoms with Crippen LogP contribution in [-0.2, 0) is 19.4 Å². The van der Waals surface area contributed by atoms with Crippen LogP contribution in [0.15, 0.2) is 64.6 Å². The molecule has 0 unspecified atom stereocenters. The molecule has 8 heteroatoms. The number of rotatable bonds is 4. The number of benzene rings is 2. The second kappa shape index (κ2) is 7.69. The Morgan fingerprint density at radius 3 is 2.33 bits per heavy atom. The van der Waals surface area contributed by atoms with Crippen molar-refractivity contribution in [3.63, 3.8) is 0 Å². The van der Waals surface area contributed by atoms with Gasteiger partial charge in [-0.25, -0.2) is 17.6 Å². The van der Waals surface area contributed by atoms with Crippen LogP contribution in [0.4, 0.5) is 10.1 Å². The van der Waals surface area contributed by atoms with Crippen LogP contribution in [0.1, 0.15) is 6.92 Å². The summed E-state index contributed by atoms with van der Waals surface area (Å²) in [7, 11) is -4.16. The van der Waals surface area contributed by atoms with Gasteiger partial charge in [0.1, 0.15) is 5.82 Å². The van der Waals surface area contributed by atoms with Gasteiger partial charge in [-0.15, -0.1) is 0 Å². The van der Waals surface area contributed by atoms with Crippen LogP contribution in [-0.4, -0.2) is 26.0 Å². The van der Waals surface area contributed by atoms with E-state index in [1.807, 2.05) is 0 Å². The maximum absolute atomic E-state index is 12.9. The average Bonchev–Trinajstić information content (AvgIpc) is 2.57. The molecule has 0 aromatic heterocycles. The summed E-state index contributed by atoms with van der Waals surface area (Å²) in [5.74, 6) is -1.52. The van der Waals surface area contributed by atoms with Gasteiger partial charge < -0.3 is 4.74 Å². The zero-order valence-electron chi connectivity index (χ0n) is 12.8. The molecule has 0 bridgehead atoms. The molecule has 0 amide bonds. The molecule has 2 aromatic rings. The number of anilines is 1.